The van der Waals surface area contributed by atoms with Crippen LogP contribution in [0.5, 0.6) is 0 Å². The number of aromatic nitrogens is 1. The zero-order chi connectivity index (χ0) is 22.2. The molecule has 1 saturated heterocycles. The predicted molar refractivity (Wildman–Crippen MR) is 123 cm³/mol. The number of benzene rings is 2. The van der Waals surface area contributed by atoms with E-state index in [1.807, 2.05) is 51.1 Å². The summed E-state index contributed by atoms with van der Waals surface area (Å²) in [5.41, 5.74) is 3.18. The number of amides is 1. The molecule has 0 saturated carbocycles. The van der Waals surface area contributed by atoms with Crippen molar-refractivity contribution < 1.29 is 13.9 Å². The molecule has 1 amide bonds. The van der Waals surface area contributed by atoms with Gasteiger partial charge in [-0.05, 0) is 45.4 Å². The number of hydrogen-bond acceptors (Lipinski definition) is 5. The van der Waals surface area contributed by atoms with Gasteiger partial charge in [-0.25, -0.2) is 4.79 Å². The summed E-state index contributed by atoms with van der Waals surface area (Å²) in [5, 5.41) is 0.640. The minimum Gasteiger partial charge on any atom is -0.444 e. The summed E-state index contributed by atoms with van der Waals surface area (Å²) >= 11 is 6.37. The lowest BCUT2D eigenvalue weighted by molar-refractivity contribution is 0.0216. The Bertz CT molecular complexity index is 1070. The molecule has 0 radical (unpaired) electrons. The van der Waals surface area contributed by atoms with Gasteiger partial charge in [0, 0.05) is 42.7 Å². The van der Waals surface area contributed by atoms with Crippen molar-refractivity contribution in [1.29, 1.82) is 0 Å². The first-order valence-corrected chi connectivity index (χ1v) is 10.9. The molecule has 1 aliphatic heterocycles. The number of carbonyl (C=O) groups excluding carboxylic acids is 1. The van der Waals surface area contributed by atoms with Crippen molar-refractivity contribution in [3.63, 3.8) is 0 Å². The highest BCUT2D eigenvalue weighted by Crippen LogP contribution is 2.31. The van der Waals surface area contributed by atoms with Crippen LogP contribution in [0.15, 0.2) is 46.9 Å². The van der Waals surface area contributed by atoms with Crippen LogP contribution in [0.25, 0.3) is 11.1 Å². The summed E-state index contributed by atoms with van der Waals surface area (Å²) < 4.78 is 11.7. The van der Waals surface area contributed by atoms with E-state index < -0.39 is 5.60 Å². The third kappa shape index (κ3) is 4.96. The topological polar surface area (TPSA) is 58.8 Å². The van der Waals surface area contributed by atoms with Crippen LogP contribution in [0.4, 0.5) is 10.8 Å². The lowest BCUT2D eigenvalue weighted by atomic mass is 10.0. The Hall–Kier alpha value is -2.73. The third-order valence-electron chi connectivity index (χ3n) is 5.28. The smallest absolute Gasteiger partial charge is 0.410 e. The summed E-state index contributed by atoms with van der Waals surface area (Å²) in [4.78, 5) is 21.0. The summed E-state index contributed by atoms with van der Waals surface area (Å²) in [5.74, 6) is 0. The number of ether oxygens (including phenoxy) is 1. The number of hydrogen-bond donors (Lipinski definition) is 0. The van der Waals surface area contributed by atoms with Crippen LogP contribution in [-0.2, 0) is 11.2 Å². The molecule has 0 spiro atoms. The maximum Gasteiger partial charge on any atom is 0.410 e. The van der Waals surface area contributed by atoms with Crippen LogP contribution in [0.3, 0.4) is 0 Å². The maximum atomic E-state index is 12.4. The van der Waals surface area contributed by atoms with E-state index in [1.54, 1.807) is 4.90 Å². The van der Waals surface area contributed by atoms with Crippen molar-refractivity contribution in [3.05, 3.63) is 58.6 Å². The molecule has 1 atom stereocenters. The Balaban J connectivity index is 1.55. The van der Waals surface area contributed by atoms with Crippen molar-refractivity contribution in [1.82, 2.24) is 9.88 Å². The second-order valence-corrected chi connectivity index (χ2v) is 9.48. The van der Waals surface area contributed by atoms with Crippen LogP contribution < -0.4 is 4.90 Å². The van der Waals surface area contributed by atoms with Gasteiger partial charge in [-0.3, -0.25) is 0 Å². The zero-order valence-electron chi connectivity index (χ0n) is 18.4. The molecule has 0 N–H and O–H groups in total. The number of rotatable bonds is 3. The van der Waals surface area contributed by atoms with E-state index >= 15 is 0 Å². The van der Waals surface area contributed by atoms with Crippen LogP contribution >= 0.6 is 11.6 Å². The molecule has 1 aliphatic rings. The molecule has 0 aliphatic carbocycles. The molecule has 164 valence electrons. The van der Waals surface area contributed by atoms with Gasteiger partial charge in [0.1, 0.15) is 11.1 Å². The van der Waals surface area contributed by atoms with E-state index in [0.717, 1.165) is 16.7 Å². The van der Waals surface area contributed by atoms with Crippen molar-refractivity contribution in [2.45, 2.75) is 45.8 Å². The molecule has 3 aromatic rings. The summed E-state index contributed by atoms with van der Waals surface area (Å²) in [6, 6.07) is 14.6. The molecule has 2 heterocycles. The third-order valence-corrected chi connectivity index (χ3v) is 5.50. The van der Waals surface area contributed by atoms with E-state index in [2.05, 4.69) is 24.0 Å². The van der Waals surface area contributed by atoms with Gasteiger partial charge in [0.15, 0.2) is 5.58 Å². The Kier molecular flexibility index (Phi) is 5.84. The van der Waals surface area contributed by atoms with Gasteiger partial charge in [0.25, 0.3) is 6.01 Å². The van der Waals surface area contributed by atoms with Crippen molar-refractivity contribution in [2.75, 3.05) is 24.5 Å². The predicted octanol–water partition coefficient (Wildman–Crippen LogP) is 5.52. The Morgan fingerprint density at radius 3 is 2.65 bits per heavy atom. The number of piperazine rings is 1. The summed E-state index contributed by atoms with van der Waals surface area (Å²) in [6.45, 7) is 9.41. The second kappa shape index (κ2) is 8.42. The summed E-state index contributed by atoms with van der Waals surface area (Å²) in [6.07, 6.45) is 0.433. The van der Waals surface area contributed by atoms with E-state index in [0.29, 0.717) is 37.1 Å². The summed E-state index contributed by atoms with van der Waals surface area (Å²) in [7, 11) is 0. The SMILES string of the molecule is C[C@H]1CN(C(=O)OC(C)(C)C)CCN1c1nc2cc(Cl)cc(Cc3ccccc3)c2o1. The minimum atomic E-state index is -0.508. The van der Waals surface area contributed by atoms with Gasteiger partial charge in [-0.2, -0.15) is 4.98 Å². The molecule has 0 unspecified atom stereocenters. The molecule has 4 rings (SSSR count). The molecule has 31 heavy (non-hydrogen) atoms. The Morgan fingerprint density at radius 2 is 1.97 bits per heavy atom. The highest BCUT2D eigenvalue weighted by atomic mass is 35.5. The fourth-order valence-corrected chi connectivity index (χ4v) is 4.09. The Labute approximate surface area is 187 Å². The van der Waals surface area contributed by atoms with Gasteiger partial charge in [0.05, 0.1) is 0 Å². The number of nitrogens with zero attached hydrogens (tertiary/aromatic N) is 3. The highest BCUT2D eigenvalue weighted by Gasteiger charge is 2.32. The van der Waals surface area contributed by atoms with Crippen LogP contribution in [-0.4, -0.2) is 47.3 Å². The fraction of sp³-hybridized carbons (Fsp3) is 0.417. The number of fused-ring (bicyclic) bond motifs is 1. The van der Waals surface area contributed by atoms with Crippen molar-refractivity contribution in [3.8, 4) is 0 Å². The fourth-order valence-electron chi connectivity index (χ4n) is 3.86. The second-order valence-electron chi connectivity index (χ2n) is 9.04. The highest BCUT2D eigenvalue weighted by molar-refractivity contribution is 6.31. The standard InChI is InChI=1S/C24H28ClN3O3/c1-16-15-27(23(29)31-24(2,3)4)10-11-28(16)22-26-20-14-19(25)13-18(21(20)30-22)12-17-8-6-5-7-9-17/h5-9,13-14,16H,10-12,15H2,1-4H3/t16-/m0/s1. The molecular formula is C24H28ClN3O3. The normalized spacial score (nSPS) is 17.3. The first-order valence-electron chi connectivity index (χ1n) is 10.6. The first-order chi connectivity index (χ1) is 14.7. The quantitative estimate of drug-likeness (QED) is 0.535. The number of anilines is 1. The van der Waals surface area contributed by atoms with E-state index in [4.69, 9.17) is 25.7 Å². The number of oxazole rings is 1. The van der Waals surface area contributed by atoms with Crippen molar-refractivity contribution in [2.24, 2.45) is 0 Å². The maximum absolute atomic E-state index is 12.4. The van der Waals surface area contributed by atoms with Gasteiger partial charge < -0.3 is 19.0 Å². The molecule has 2 aromatic carbocycles. The van der Waals surface area contributed by atoms with Gasteiger partial charge in [0.2, 0.25) is 0 Å². The largest absolute Gasteiger partial charge is 0.444 e. The van der Waals surface area contributed by atoms with Crippen LogP contribution in [0.2, 0.25) is 5.02 Å². The lowest BCUT2D eigenvalue weighted by Crippen LogP contribution is -2.54. The van der Waals surface area contributed by atoms with Crippen LogP contribution in [0.1, 0.15) is 38.8 Å². The van der Waals surface area contributed by atoms with Crippen molar-refractivity contribution >= 4 is 34.8 Å². The molecule has 1 fully saturated rings. The van der Waals surface area contributed by atoms with Gasteiger partial charge in [-0.1, -0.05) is 41.9 Å². The molecule has 7 heteroatoms. The molecule has 0 bridgehead atoms. The van der Waals surface area contributed by atoms with Gasteiger partial charge in [-0.15, -0.1) is 0 Å². The lowest BCUT2D eigenvalue weighted by Gasteiger charge is -2.39. The number of halogens is 1. The average molecular weight is 442 g/mol. The first kappa shape index (κ1) is 21.5. The molecule has 1 aromatic heterocycles. The minimum absolute atomic E-state index is 0.0439. The number of carbonyl (C=O) groups is 1. The molecule has 6 nitrogen and oxygen atoms in total. The van der Waals surface area contributed by atoms with Crippen LogP contribution in [0, 0.1) is 0 Å². The zero-order valence-corrected chi connectivity index (χ0v) is 19.1. The van der Waals surface area contributed by atoms with E-state index in [-0.39, 0.29) is 12.1 Å². The Morgan fingerprint density at radius 1 is 1.23 bits per heavy atom. The van der Waals surface area contributed by atoms with E-state index in [9.17, 15) is 4.79 Å². The van der Waals surface area contributed by atoms with Gasteiger partial charge >= 0.3 is 6.09 Å². The van der Waals surface area contributed by atoms with E-state index in [1.165, 1.54) is 5.56 Å². The average Bonchev–Trinajstić information content (AvgIpc) is 3.11. The monoisotopic (exact) mass is 441 g/mol. The molecular weight excluding hydrogens is 414 g/mol.